The van der Waals surface area contributed by atoms with E-state index in [9.17, 15) is 0 Å². The van der Waals surface area contributed by atoms with Gasteiger partial charge in [0.1, 0.15) is 17.7 Å². The second kappa shape index (κ2) is 7.51. The molecule has 0 heterocycles. The molecule has 0 N–H and O–H groups in total. The van der Waals surface area contributed by atoms with Crippen molar-refractivity contribution < 1.29 is 0 Å². The van der Waals surface area contributed by atoms with E-state index in [1.807, 2.05) is 79.7 Å². The van der Waals surface area contributed by atoms with Crippen LogP contribution in [-0.4, -0.2) is 14.1 Å². The average molecular weight is 297 g/mol. The van der Waals surface area contributed by atoms with Crippen LogP contribution in [0.2, 0.25) is 0 Å². The standard InChI is InChI=1S/C20H15N3/c1-23(2)20-11-9-17(10-12-20)4-3-16-5-7-18(8-6-16)13-19(14-21)15-22/h5-13H,1-2H3. The summed E-state index contributed by atoms with van der Waals surface area (Å²) < 4.78 is 0. The number of rotatable bonds is 2. The Kier molecular flexibility index (Phi) is 5.19. The lowest BCUT2D eigenvalue weighted by atomic mass is 10.1. The van der Waals surface area contributed by atoms with Gasteiger partial charge in [-0.25, -0.2) is 0 Å². The number of allylic oxidation sites excluding steroid dienone is 1. The maximum atomic E-state index is 8.74. The van der Waals surface area contributed by atoms with Gasteiger partial charge in [-0.3, -0.25) is 0 Å². The lowest BCUT2D eigenvalue weighted by Gasteiger charge is -2.11. The molecule has 0 bridgehead atoms. The summed E-state index contributed by atoms with van der Waals surface area (Å²) in [6.45, 7) is 0. The number of hydrogen-bond donors (Lipinski definition) is 0. The molecule has 0 saturated heterocycles. The predicted octanol–water partition coefficient (Wildman–Crippen LogP) is 3.58. The first kappa shape index (κ1) is 15.9. The number of benzene rings is 2. The van der Waals surface area contributed by atoms with Gasteiger partial charge in [0.25, 0.3) is 0 Å². The second-order valence-electron chi connectivity index (χ2n) is 5.09. The molecule has 3 nitrogen and oxygen atoms in total. The molecule has 0 radical (unpaired) electrons. The Bertz CT molecular complexity index is 831. The third-order valence-electron chi connectivity index (χ3n) is 3.20. The van der Waals surface area contributed by atoms with Crippen LogP contribution < -0.4 is 4.90 Å². The molecule has 0 aromatic heterocycles. The lowest BCUT2D eigenvalue weighted by Crippen LogP contribution is -2.07. The molecular formula is C20H15N3. The van der Waals surface area contributed by atoms with Gasteiger partial charge in [-0.05, 0) is 48.0 Å². The van der Waals surface area contributed by atoms with Crippen molar-refractivity contribution in [3.8, 4) is 24.0 Å². The van der Waals surface area contributed by atoms with Crippen molar-refractivity contribution in [2.75, 3.05) is 19.0 Å². The summed E-state index contributed by atoms with van der Waals surface area (Å²) in [6, 6.07) is 19.2. The minimum atomic E-state index is 0.0878. The highest BCUT2D eigenvalue weighted by Gasteiger charge is 1.95. The van der Waals surface area contributed by atoms with Gasteiger partial charge in [0, 0.05) is 30.9 Å². The summed E-state index contributed by atoms with van der Waals surface area (Å²) in [6.07, 6.45) is 1.55. The van der Waals surface area contributed by atoms with E-state index in [1.165, 1.54) is 0 Å². The van der Waals surface area contributed by atoms with E-state index in [0.29, 0.717) is 0 Å². The van der Waals surface area contributed by atoms with Crippen molar-refractivity contribution in [2.45, 2.75) is 0 Å². The van der Waals surface area contributed by atoms with Gasteiger partial charge >= 0.3 is 0 Å². The van der Waals surface area contributed by atoms with Gasteiger partial charge in [-0.2, -0.15) is 10.5 Å². The first-order chi connectivity index (χ1) is 11.1. The van der Waals surface area contributed by atoms with Crippen LogP contribution in [0.15, 0.2) is 54.1 Å². The topological polar surface area (TPSA) is 50.8 Å². The molecule has 2 aromatic carbocycles. The lowest BCUT2D eigenvalue weighted by molar-refractivity contribution is 1.13. The maximum Gasteiger partial charge on any atom is 0.130 e. The summed E-state index contributed by atoms with van der Waals surface area (Å²) >= 11 is 0. The molecule has 2 aromatic rings. The molecule has 3 heteroatoms. The fourth-order valence-corrected chi connectivity index (χ4v) is 1.91. The fourth-order valence-electron chi connectivity index (χ4n) is 1.91. The summed E-state index contributed by atoms with van der Waals surface area (Å²) in [5, 5.41) is 17.5. The van der Waals surface area contributed by atoms with Crippen LogP contribution in [0, 0.1) is 34.5 Å². The van der Waals surface area contributed by atoms with Crippen molar-refractivity contribution in [3.05, 3.63) is 70.8 Å². The second-order valence-corrected chi connectivity index (χ2v) is 5.09. The molecule has 0 fully saturated rings. The minimum absolute atomic E-state index is 0.0878. The van der Waals surface area contributed by atoms with Crippen LogP contribution in [0.3, 0.4) is 0 Å². The zero-order valence-electron chi connectivity index (χ0n) is 13.0. The number of nitrogens with zero attached hydrogens (tertiary/aromatic N) is 3. The number of anilines is 1. The quantitative estimate of drug-likeness (QED) is 0.629. The Balaban J connectivity index is 2.15. The van der Waals surface area contributed by atoms with Gasteiger partial charge in [0.15, 0.2) is 0 Å². The molecule has 0 aliphatic heterocycles. The summed E-state index contributed by atoms with van der Waals surface area (Å²) in [5.74, 6) is 6.22. The van der Waals surface area contributed by atoms with Crippen LogP contribution >= 0.6 is 0 Å². The molecule has 0 aliphatic carbocycles. The molecule has 0 spiro atoms. The van der Waals surface area contributed by atoms with E-state index in [0.717, 1.165) is 22.4 Å². The largest absolute Gasteiger partial charge is 0.378 e. The van der Waals surface area contributed by atoms with Crippen molar-refractivity contribution in [1.29, 1.82) is 10.5 Å². The van der Waals surface area contributed by atoms with E-state index in [-0.39, 0.29) is 5.57 Å². The Morgan fingerprint density at radius 1 is 0.826 bits per heavy atom. The molecule has 0 saturated carbocycles. The van der Waals surface area contributed by atoms with Crippen molar-refractivity contribution in [3.63, 3.8) is 0 Å². The molecule has 110 valence electrons. The highest BCUT2D eigenvalue weighted by Crippen LogP contribution is 2.12. The zero-order chi connectivity index (χ0) is 16.7. The smallest absolute Gasteiger partial charge is 0.130 e. The highest BCUT2D eigenvalue weighted by molar-refractivity contribution is 5.62. The van der Waals surface area contributed by atoms with Crippen LogP contribution in [0.4, 0.5) is 5.69 Å². The van der Waals surface area contributed by atoms with Gasteiger partial charge in [-0.1, -0.05) is 24.0 Å². The monoisotopic (exact) mass is 297 g/mol. The normalized spacial score (nSPS) is 8.87. The molecule has 23 heavy (non-hydrogen) atoms. The van der Waals surface area contributed by atoms with E-state index < -0.39 is 0 Å². The van der Waals surface area contributed by atoms with Crippen LogP contribution in [-0.2, 0) is 0 Å². The molecule has 0 atom stereocenters. The summed E-state index contributed by atoms with van der Waals surface area (Å²) in [7, 11) is 4.00. The molecular weight excluding hydrogens is 282 g/mol. The third kappa shape index (κ3) is 4.50. The first-order valence-corrected chi connectivity index (χ1v) is 7.04. The highest BCUT2D eigenvalue weighted by atomic mass is 15.1. The minimum Gasteiger partial charge on any atom is -0.378 e. The third-order valence-corrected chi connectivity index (χ3v) is 3.20. The van der Waals surface area contributed by atoms with E-state index in [2.05, 4.69) is 11.8 Å². The first-order valence-electron chi connectivity index (χ1n) is 7.04. The van der Waals surface area contributed by atoms with Crippen LogP contribution in [0.5, 0.6) is 0 Å². The van der Waals surface area contributed by atoms with Crippen molar-refractivity contribution >= 4 is 11.8 Å². The van der Waals surface area contributed by atoms with E-state index in [4.69, 9.17) is 10.5 Å². The average Bonchev–Trinajstić information content (AvgIpc) is 2.59. The number of hydrogen-bond acceptors (Lipinski definition) is 3. The SMILES string of the molecule is CN(C)c1ccc(C#Cc2ccc(C=C(C#N)C#N)cc2)cc1. The molecule has 0 amide bonds. The maximum absolute atomic E-state index is 8.74. The van der Waals surface area contributed by atoms with Gasteiger partial charge in [-0.15, -0.1) is 0 Å². The molecule has 0 aliphatic rings. The number of nitriles is 2. The predicted molar refractivity (Wildman–Crippen MR) is 92.4 cm³/mol. The van der Waals surface area contributed by atoms with E-state index in [1.54, 1.807) is 6.08 Å². The van der Waals surface area contributed by atoms with Gasteiger partial charge in [0.05, 0.1) is 0 Å². The van der Waals surface area contributed by atoms with Crippen molar-refractivity contribution in [2.24, 2.45) is 0 Å². The zero-order valence-corrected chi connectivity index (χ0v) is 13.0. The fraction of sp³-hybridized carbons (Fsp3) is 0.100. The Hall–Kier alpha value is -3.48. The molecule has 2 rings (SSSR count). The van der Waals surface area contributed by atoms with Crippen LogP contribution in [0.25, 0.3) is 6.08 Å². The molecule has 0 unspecified atom stereocenters. The Morgan fingerprint density at radius 3 is 1.74 bits per heavy atom. The van der Waals surface area contributed by atoms with Gasteiger partial charge in [0.2, 0.25) is 0 Å². The summed E-state index contributed by atoms with van der Waals surface area (Å²) in [4.78, 5) is 2.04. The Labute approximate surface area is 136 Å². The van der Waals surface area contributed by atoms with Crippen molar-refractivity contribution in [1.82, 2.24) is 0 Å². The van der Waals surface area contributed by atoms with Gasteiger partial charge < -0.3 is 4.90 Å². The van der Waals surface area contributed by atoms with E-state index >= 15 is 0 Å². The van der Waals surface area contributed by atoms with Crippen LogP contribution in [0.1, 0.15) is 16.7 Å². The summed E-state index contributed by atoms with van der Waals surface area (Å²) in [5.41, 5.74) is 3.87. The Morgan fingerprint density at radius 2 is 1.30 bits per heavy atom.